The van der Waals surface area contributed by atoms with Gasteiger partial charge >= 0.3 is 0 Å². The number of phenols is 1. The van der Waals surface area contributed by atoms with Crippen molar-refractivity contribution in [2.24, 2.45) is 5.92 Å². The molecule has 0 saturated heterocycles. The lowest BCUT2D eigenvalue weighted by atomic mass is 9.83. The van der Waals surface area contributed by atoms with Gasteiger partial charge < -0.3 is 10.4 Å². The van der Waals surface area contributed by atoms with Gasteiger partial charge in [-0.2, -0.15) is 0 Å². The van der Waals surface area contributed by atoms with Gasteiger partial charge in [0.2, 0.25) is 0 Å². The van der Waals surface area contributed by atoms with E-state index in [0.717, 1.165) is 31.7 Å². The van der Waals surface area contributed by atoms with Gasteiger partial charge in [-0.1, -0.05) is 26.2 Å². The first-order valence-electron chi connectivity index (χ1n) is 6.91. The summed E-state index contributed by atoms with van der Waals surface area (Å²) in [5.74, 6) is -0.750. The Morgan fingerprint density at radius 3 is 2.84 bits per heavy atom. The molecule has 0 aromatic heterocycles. The Kier molecular flexibility index (Phi) is 4.40. The summed E-state index contributed by atoms with van der Waals surface area (Å²) in [7, 11) is 0. The third kappa shape index (κ3) is 3.25. The van der Waals surface area contributed by atoms with Crippen LogP contribution in [0.1, 0.15) is 49.4 Å². The van der Waals surface area contributed by atoms with E-state index >= 15 is 0 Å². The number of hydrogen-bond acceptors (Lipinski definition) is 2. The highest BCUT2D eigenvalue weighted by Gasteiger charge is 2.26. The number of amides is 1. The minimum atomic E-state index is -0.679. The van der Waals surface area contributed by atoms with Gasteiger partial charge in [-0.25, -0.2) is 4.39 Å². The number of rotatable bonds is 3. The third-order valence-electron chi connectivity index (χ3n) is 3.95. The van der Waals surface area contributed by atoms with Crippen LogP contribution in [0.15, 0.2) is 18.2 Å². The van der Waals surface area contributed by atoms with Crippen LogP contribution in [-0.4, -0.2) is 17.1 Å². The molecular formula is C15H20FNO2. The predicted molar refractivity (Wildman–Crippen MR) is 71.6 cm³/mol. The van der Waals surface area contributed by atoms with Crippen molar-refractivity contribution in [3.63, 3.8) is 0 Å². The van der Waals surface area contributed by atoms with E-state index in [2.05, 4.69) is 12.2 Å². The summed E-state index contributed by atoms with van der Waals surface area (Å²) >= 11 is 0. The van der Waals surface area contributed by atoms with Crippen molar-refractivity contribution in [1.82, 2.24) is 5.32 Å². The summed E-state index contributed by atoms with van der Waals surface area (Å²) in [5, 5.41) is 12.1. The van der Waals surface area contributed by atoms with E-state index in [1.165, 1.54) is 18.6 Å². The van der Waals surface area contributed by atoms with Crippen molar-refractivity contribution < 1.29 is 14.3 Å². The second kappa shape index (κ2) is 6.04. The summed E-state index contributed by atoms with van der Waals surface area (Å²) in [5.41, 5.74) is -0.00164. The predicted octanol–water partition coefficient (Wildman–Crippen LogP) is 3.23. The second-order valence-electron chi connectivity index (χ2n) is 5.20. The van der Waals surface area contributed by atoms with Crippen molar-refractivity contribution in [1.29, 1.82) is 0 Å². The highest BCUT2D eigenvalue weighted by Crippen LogP contribution is 2.27. The summed E-state index contributed by atoms with van der Waals surface area (Å²) < 4.78 is 13.6. The number of hydrogen-bond donors (Lipinski definition) is 2. The van der Waals surface area contributed by atoms with E-state index < -0.39 is 5.82 Å². The number of nitrogens with one attached hydrogen (secondary N) is 1. The Hall–Kier alpha value is -1.58. The van der Waals surface area contributed by atoms with Crippen LogP contribution in [0.2, 0.25) is 0 Å². The second-order valence-corrected chi connectivity index (χ2v) is 5.20. The van der Waals surface area contributed by atoms with Crippen molar-refractivity contribution in [2.45, 2.75) is 45.1 Å². The van der Waals surface area contributed by atoms with Gasteiger partial charge in [0.05, 0.1) is 5.56 Å². The Morgan fingerprint density at radius 1 is 1.42 bits per heavy atom. The van der Waals surface area contributed by atoms with Gasteiger partial charge in [-0.05, 0) is 30.9 Å². The van der Waals surface area contributed by atoms with Crippen molar-refractivity contribution >= 4 is 5.91 Å². The number of halogens is 1. The summed E-state index contributed by atoms with van der Waals surface area (Å²) in [4.78, 5) is 12.1. The standard InChI is InChI=1S/C15H20FNO2/c1-2-10-5-3-4-6-14(10)17-15(19)12-8-7-11(18)9-13(12)16/h7-10,14,18H,2-6H2,1H3,(H,17,19). The van der Waals surface area contributed by atoms with E-state index in [1.807, 2.05) is 0 Å². The number of benzene rings is 1. The molecule has 2 rings (SSSR count). The molecule has 1 aliphatic carbocycles. The number of aromatic hydroxyl groups is 1. The molecule has 104 valence electrons. The molecule has 1 fully saturated rings. The van der Waals surface area contributed by atoms with Gasteiger partial charge in [0.15, 0.2) is 0 Å². The molecule has 19 heavy (non-hydrogen) atoms. The fourth-order valence-corrected chi connectivity index (χ4v) is 2.82. The zero-order chi connectivity index (χ0) is 13.8. The van der Waals surface area contributed by atoms with E-state index in [4.69, 9.17) is 5.11 Å². The zero-order valence-electron chi connectivity index (χ0n) is 11.2. The third-order valence-corrected chi connectivity index (χ3v) is 3.95. The van der Waals surface area contributed by atoms with Crippen molar-refractivity contribution in [3.8, 4) is 5.75 Å². The molecule has 1 aromatic carbocycles. The topological polar surface area (TPSA) is 49.3 Å². The first-order chi connectivity index (χ1) is 9.11. The average Bonchev–Trinajstić information content (AvgIpc) is 2.39. The van der Waals surface area contributed by atoms with Crippen LogP contribution in [0.4, 0.5) is 4.39 Å². The van der Waals surface area contributed by atoms with Crippen molar-refractivity contribution in [2.75, 3.05) is 0 Å². The number of carbonyl (C=O) groups is 1. The maximum Gasteiger partial charge on any atom is 0.254 e. The molecule has 1 saturated carbocycles. The molecule has 2 unspecified atom stereocenters. The number of carbonyl (C=O) groups excluding carboxylic acids is 1. The van der Waals surface area contributed by atoms with Crippen LogP contribution >= 0.6 is 0 Å². The fraction of sp³-hybridized carbons (Fsp3) is 0.533. The molecule has 2 atom stereocenters. The lowest BCUT2D eigenvalue weighted by molar-refractivity contribution is 0.0900. The average molecular weight is 265 g/mol. The van der Waals surface area contributed by atoms with Crippen LogP contribution < -0.4 is 5.32 Å². The normalized spacial score (nSPS) is 23.1. The van der Waals surface area contributed by atoms with E-state index in [-0.39, 0.29) is 23.3 Å². The summed E-state index contributed by atoms with van der Waals surface area (Å²) in [6.07, 6.45) is 5.43. The van der Waals surface area contributed by atoms with E-state index in [0.29, 0.717) is 5.92 Å². The van der Waals surface area contributed by atoms with Crippen LogP contribution in [-0.2, 0) is 0 Å². The van der Waals surface area contributed by atoms with Crippen LogP contribution in [0.3, 0.4) is 0 Å². The maximum absolute atomic E-state index is 13.6. The molecule has 0 heterocycles. The van der Waals surface area contributed by atoms with Gasteiger partial charge in [-0.15, -0.1) is 0 Å². The monoisotopic (exact) mass is 265 g/mol. The minimum absolute atomic E-state index is 0.00164. The molecule has 0 spiro atoms. The largest absolute Gasteiger partial charge is 0.508 e. The molecule has 0 bridgehead atoms. The fourth-order valence-electron chi connectivity index (χ4n) is 2.82. The Morgan fingerprint density at radius 2 is 2.16 bits per heavy atom. The van der Waals surface area contributed by atoms with E-state index in [9.17, 15) is 9.18 Å². The molecule has 3 nitrogen and oxygen atoms in total. The first-order valence-corrected chi connectivity index (χ1v) is 6.91. The van der Waals surface area contributed by atoms with Gasteiger partial charge in [-0.3, -0.25) is 4.79 Å². The van der Waals surface area contributed by atoms with E-state index in [1.54, 1.807) is 0 Å². The minimum Gasteiger partial charge on any atom is -0.508 e. The first kappa shape index (κ1) is 13.8. The highest BCUT2D eigenvalue weighted by atomic mass is 19.1. The Labute approximate surface area is 112 Å². The molecule has 0 radical (unpaired) electrons. The molecule has 1 aromatic rings. The lowest BCUT2D eigenvalue weighted by Gasteiger charge is -2.31. The Bertz CT molecular complexity index is 461. The van der Waals surface area contributed by atoms with Crippen LogP contribution in [0.25, 0.3) is 0 Å². The number of phenolic OH excluding ortho intramolecular Hbond substituents is 1. The van der Waals surface area contributed by atoms with Gasteiger partial charge in [0.1, 0.15) is 11.6 Å². The SMILES string of the molecule is CCC1CCCCC1NC(=O)c1ccc(O)cc1F. The molecule has 1 amide bonds. The zero-order valence-corrected chi connectivity index (χ0v) is 11.2. The molecule has 0 aliphatic heterocycles. The lowest BCUT2D eigenvalue weighted by Crippen LogP contribution is -2.42. The molecule has 2 N–H and O–H groups in total. The molecule has 4 heteroatoms. The Balaban J connectivity index is 2.07. The molecule has 1 aliphatic rings. The maximum atomic E-state index is 13.6. The van der Waals surface area contributed by atoms with Gasteiger partial charge in [0, 0.05) is 12.1 Å². The quantitative estimate of drug-likeness (QED) is 0.881. The summed E-state index contributed by atoms with van der Waals surface area (Å²) in [6.45, 7) is 2.12. The van der Waals surface area contributed by atoms with Crippen LogP contribution in [0.5, 0.6) is 5.75 Å². The van der Waals surface area contributed by atoms with Crippen LogP contribution in [0, 0.1) is 11.7 Å². The smallest absolute Gasteiger partial charge is 0.254 e. The van der Waals surface area contributed by atoms with Gasteiger partial charge in [0.25, 0.3) is 5.91 Å². The molecular weight excluding hydrogens is 245 g/mol. The highest BCUT2D eigenvalue weighted by molar-refractivity contribution is 5.94. The van der Waals surface area contributed by atoms with Crippen molar-refractivity contribution in [3.05, 3.63) is 29.6 Å². The summed E-state index contributed by atoms with van der Waals surface area (Å²) in [6, 6.07) is 3.76.